The molecule has 0 radical (unpaired) electrons. The zero-order valence-electron chi connectivity index (χ0n) is 12.2. The molecule has 0 fully saturated rings. The van der Waals surface area contributed by atoms with Gasteiger partial charge < -0.3 is 10.3 Å². The largest absolute Gasteiger partial charge is 0.349 e. The van der Waals surface area contributed by atoms with E-state index < -0.39 is 10.0 Å². The zero-order chi connectivity index (χ0) is 15.5. The van der Waals surface area contributed by atoms with Gasteiger partial charge in [-0.15, -0.1) is 0 Å². The van der Waals surface area contributed by atoms with Crippen LogP contribution < -0.4 is 10.5 Å². The van der Waals surface area contributed by atoms with Crippen molar-refractivity contribution in [2.24, 2.45) is 5.73 Å². The second kappa shape index (κ2) is 6.74. The van der Waals surface area contributed by atoms with Gasteiger partial charge in [-0.1, -0.05) is 6.92 Å². The Hall–Kier alpha value is -1.15. The van der Waals surface area contributed by atoms with Gasteiger partial charge in [-0.25, -0.2) is 13.1 Å². The van der Waals surface area contributed by atoms with Crippen LogP contribution in [0.5, 0.6) is 0 Å². The Morgan fingerprint density at radius 2 is 2.24 bits per heavy atom. The average Bonchev–Trinajstić information content (AvgIpc) is 3.08. The zero-order valence-corrected chi connectivity index (χ0v) is 13.9. The van der Waals surface area contributed by atoms with Crippen LogP contribution in [0.25, 0.3) is 0 Å². The highest BCUT2D eigenvalue weighted by molar-refractivity contribution is 7.89. The first-order chi connectivity index (χ1) is 9.97. The summed E-state index contributed by atoms with van der Waals surface area (Å²) in [6.45, 7) is 4.98. The molecule has 1 atom stereocenters. The van der Waals surface area contributed by atoms with Crippen molar-refractivity contribution in [3.05, 3.63) is 40.3 Å². The van der Waals surface area contributed by atoms with E-state index in [1.807, 2.05) is 35.2 Å². The number of hydrogen-bond acceptors (Lipinski definition) is 4. The molecule has 0 saturated carbocycles. The Balaban J connectivity index is 2.23. The molecule has 2 aromatic rings. The van der Waals surface area contributed by atoms with E-state index in [-0.39, 0.29) is 10.9 Å². The molecule has 0 aliphatic heterocycles. The topological polar surface area (TPSA) is 77.1 Å². The second-order valence-electron chi connectivity index (χ2n) is 4.96. The van der Waals surface area contributed by atoms with Gasteiger partial charge in [-0.2, -0.15) is 11.3 Å². The average molecular weight is 327 g/mol. The summed E-state index contributed by atoms with van der Waals surface area (Å²) >= 11 is 1.55. The summed E-state index contributed by atoms with van der Waals surface area (Å²) in [7, 11) is -3.54. The summed E-state index contributed by atoms with van der Waals surface area (Å²) in [5, 5.41) is 3.88. The molecule has 0 amide bonds. The number of aryl methyl sites for hydroxylation is 1. The molecule has 3 N–H and O–H groups in total. The fraction of sp³-hybridized carbons (Fsp3) is 0.429. The monoisotopic (exact) mass is 327 g/mol. The van der Waals surface area contributed by atoms with Crippen molar-refractivity contribution < 1.29 is 8.42 Å². The fourth-order valence-corrected chi connectivity index (χ4v) is 4.23. The maximum absolute atomic E-state index is 12.5. The van der Waals surface area contributed by atoms with E-state index in [9.17, 15) is 8.42 Å². The molecular weight excluding hydrogens is 306 g/mol. The number of sulfonamides is 1. The van der Waals surface area contributed by atoms with Gasteiger partial charge in [-0.3, -0.25) is 0 Å². The van der Waals surface area contributed by atoms with Crippen molar-refractivity contribution in [1.82, 2.24) is 9.29 Å². The van der Waals surface area contributed by atoms with Crippen LogP contribution in [-0.4, -0.2) is 13.0 Å². The Bertz CT molecular complexity index is 675. The van der Waals surface area contributed by atoms with Gasteiger partial charge in [0.2, 0.25) is 10.0 Å². The van der Waals surface area contributed by atoms with Crippen LogP contribution in [0.2, 0.25) is 0 Å². The molecule has 1 unspecified atom stereocenters. The molecule has 0 aliphatic carbocycles. The Kier molecular flexibility index (Phi) is 5.21. The minimum Gasteiger partial charge on any atom is -0.349 e. The smallest absolute Gasteiger partial charge is 0.242 e. The summed E-state index contributed by atoms with van der Waals surface area (Å²) in [4.78, 5) is 0.276. The third-order valence-corrected chi connectivity index (χ3v) is 5.53. The molecule has 7 heteroatoms. The summed E-state index contributed by atoms with van der Waals surface area (Å²) in [6, 6.07) is 3.32. The third kappa shape index (κ3) is 3.74. The highest BCUT2D eigenvalue weighted by Crippen LogP contribution is 2.20. The first-order valence-corrected chi connectivity index (χ1v) is 9.34. The van der Waals surface area contributed by atoms with Crippen LogP contribution in [0.4, 0.5) is 0 Å². The van der Waals surface area contributed by atoms with E-state index in [1.54, 1.807) is 23.6 Å². The van der Waals surface area contributed by atoms with E-state index >= 15 is 0 Å². The van der Waals surface area contributed by atoms with Crippen LogP contribution in [-0.2, 0) is 23.1 Å². The number of nitrogens with two attached hydrogens (primary N) is 1. The minimum atomic E-state index is -3.54. The quantitative estimate of drug-likeness (QED) is 0.820. The maximum atomic E-state index is 12.5. The fourth-order valence-electron chi connectivity index (χ4n) is 2.18. The molecule has 0 aliphatic rings. The molecule has 2 heterocycles. The van der Waals surface area contributed by atoms with Gasteiger partial charge in [0.25, 0.3) is 0 Å². The molecule has 0 saturated heterocycles. The number of nitrogens with zero attached hydrogens (tertiary/aromatic N) is 1. The lowest BCUT2D eigenvalue weighted by Crippen LogP contribution is -2.26. The van der Waals surface area contributed by atoms with Gasteiger partial charge >= 0.3 is 0 Å². The Morgan fingerprint density at radius 1 is 1.48 bits per heavy atom. The number of thiophene rings is 1. The van der Waals surface area contributed by atoms with E-state index in [1.165, 1.54) is 0 Å². The van der Waals surface area contributed by atoms with Gasteiger partial charge in [0.15, 0.2) is 0 Å². The number of nitrogens with one attached hydrogen (secondary N) is 1. The number of aromatic nitrogens is 1. The molecule has 0 bridgehead atoms. The summed E-state index contributed by atoms with van der Waals surface area (Å²) < 4.78 is 29.5. The van der Waals surface area contributed by atoms with Gasteiger partial charge in [0.05, 0.1) is 4.90 Å². The van der Waals surface area contributed by atoms with Crippen molar-refractivity contribution >= 4 is 21.4 Å². The molecule has 2 rings (SSSR count). The van der Waals surface area contributed by atoms with Crippen molar-refractivity contribution in [3.63, 3.8) is 0 Å². The van der Waals surface area contributed by atoms with Crippen molar-refractivity contribution in [3.8, 4) is 0 Å². The van der Waals surface area contributed by atoms with Crippen LogP contribution in [0.1, 0.15) is 37.6 Å². The number of hydrogen-bond donors (Lipinski definition) is 2. The molecule has 5 nitrogen and oxygen atoms in total. The highest BCUT2D eigenvalue weighted by Gasteiger charge is 2.21. The van der Waals surface area contributed by atoms with E-state index in [0.717, 1.165) is 24.2 Å². The van der Waals surface area contributed by atoms with Crippen molar-refractivity contribution in [1.29, 1.82) is 0 Å². The normalized spacial score (nSPS) is 13.5. The third-order valence-electron chi connectivity index (χ3n) is 3.32. The molecular formula is C14H21N3O2S2. The summed E-state index contributed by atoms with van der Waals surface area (Å²) in [6.07, 6.45) is 2.59. The standard InChI is InChI=1S/C14H21N3O2S2/c1-3-5-17-9-14(7-13(17)8-15)21(18,19)16-11(2)12-4-6-20-10-12/h4,6-7,9-11,16H,3,5,8,15H2,1-2H3. The molecule has 116 valence electrons. The predicted octanol–water partition coefficient (Wildman–Crippen LogP) is 2.46. The van der Waals surface area contributed by atoms with Gasteiger partial charge in [-0.05, 0) is 41.8 Å². The minimum absolute atomic E-state index is 0.253. The van der Waals surface area contributed by atoms with Crippen molar-refractivity contribution in [2.45, 2.75) is 44.3 Å². The lowest BCUT2D eigenvalue weighted by molar-refractivity contribution is 0.566. The van der Waals surface area contributed by atoms with Crippen LogP contribution >= 0.6 is 11.3 Å². The summed E-state index contributed by atoms with van der Waals surface area (Å²) in [5.74, 6) is 0. The van der Waals surface area contributed by atoms with Crippen LogP contribution in [0.15, 0.2) is 34.0 Å². The van der Waals surface area contributed by atoms with E-state index in [4.69, 9.17) is 5.73 Å². The van der Waals surface area contributed by atoms with Gasteiger partial charge in [0.1, 0.15) is 0 Å². The van der Waals surface area contributed by atoms with Crippen LogP contribution in [0, 0.1) is 0 Å². The number of rotatable bonds is 7. The first kappa shape index (κ1) is 16.2. The second-order valence-corrected chi connectivity index (χ2v) is 7.46. The maximum Gasteiger partial charge on any atom is 0.242 e. The van der Waals surface area contributed by atoms with E-state index in [2.05, 4.69) is 4.72 Å². The van der Waals surface area contributed by atoms with Gasteiger partial charge in [0, 0.05) is 31.0 Å². The Labute approximate surface area is 129 Å². The lowest BCUT2D eigenvalue weighted by atomic mass is 10.2. The predicted molar refractivity (Wildman–Crippen MR) is 85.7 cm³/mol. The van der Waals surface area contributed by atoms with Crippen LogP contribution in [0.3, 0.4) is 0 Å². The molecule has 2 aromatic heterocycles. The molecule has 0 aromatic carbocycles. The van der Waals surface area contributed by atoms with E-state index in [0.29, 0.717) is 6.54 Å². The SMILES string of the molecule is CCCn1cc(S(=O)(=O)NC(C)c2ccsc2)cc1CN. The summed E-state index contributed by atoms with van der Waals surface area (Å²) in [5.41, 5.74) is 7.48. The van der Waals surface area contributed by atoms with Crippen molar-refractivity contribution in [2.75, 3.05) is 0 Å². The molecule has 21 heavy (non-hydrogen) atoms. The molecule has 0 spiro atoms. The lowest BCUT2D eigenvalue weighted by Gasteiger charge is -2.12. The highest BCUT2D eigenvalue weighted by atomic mass is 32.2. The Morgan fingerprint density at radius 3 is 2.81 bits per heavy atom. The first-order valence-electron chi connectivity index (χ1n) is 6.91.